The van der Waals surface area contributed by atoms with E-state index in [4.69, 9.17) is 4.74 Å². The molecule has 2 amide bonds. The number of hydrogen-bond acceptors (Lipinski definition) is 5. The minimum atomic E-state index is -0.159. The molecule has 1 aromatic carbocycles. The second-order valence-corrected chi connectivity index (χ2v) is 12.5. The van der Waals surface area contributed by atoms with Gasteiger partial charge in [0.15, 0.2) is 0 Å². The number of ether oxygens (including phenoxy) is 1. The fourth-order valence-corrected chi connectivity index (χ4v) is 6.58. The van der Waals surface area contributed by atoms with Gasteiger partial charge in [-0.3, -0.25) is 14.5 Å². The van der Waals surface area contributed by atoms with Crippen molar-refractivity contribution in [1.29, 1.82) is 0 Å². The quantitative estimate of drug-likeness (QED) is 0.463. The number of amides is 2. The molecule has 196 valence electrons. The van der Waals surface area contributed by atoms with Crippen molar-refractivity contribution in [2.24, 2.45) is 17.3 Å². The number of thiophene rings is 1. The van der Waals surface area contributed by atoms with Crippen LogP contribution in [0.4, 0.5) is 10.7 Å². The summed E-state index contributed by atoms with van der Waals surface area (Å²) in [7, 11) is 0. The van der Waals surface area contributed by atoms with E-state index in [0.29, 0.717) is 35.3 Å². The number of hydrogen-bond donors (Lipinski definition) is 2. The SMILES string of the molecule is CCOc1ccc(NC(=O)c2c(NC(=O)CN3CCC(C)CC3)sc3c2CC[C@H](C(C)(C)C)C3)cc1. The van der Waals surface area contributed by atoms with Crippen molar-refractivity contribution in [3.63, 3.8) is 0 Å². The largest absolute Gasteiger partial charge is 0.494 e. The third kappa shape index (κ3) is 6.48. The average Bonchev–Trinajstić information content (AvgIpc) is 3.18. The molecule has 1 aliphatic carbocycles. The zero-order chi connectivity index (χ0) is 25.9. The minimum absolute atomic E-state index is 0.0364. The molecule has 6 nitrogen and oxygen atoms in total. The first kappa shape index (κ1) is 26.7. The Labute approximate surface area is 219 Å². The molecule has 0 saturated carbocycles. The molecule has 2 heterocycles. The number of fused-ring (bicyclic) bond motifs is 1. The third-order valence-electron chi connectivity index (χ3n) is 7.64. The number of nitrogens with zero attached hydrogens (tertiary/aromatic N) is 1. The number of carbonyl (C=O) groups excluding carboxylic acids is 2. The molecule has 1 fully saturated rings. The van der Waals surface area contributed by atoms with E-state index in [1.165, 1.54) is 4.88 Å². The van der Waals surface area contributed by atoms with Crippen molar-refractivity contribution >= 4 is 33.8 Å². The first-order valence-corrected chi connectivity index (χ1v) is 14.2. The fourth-order valence-electron chi connectivity index (χ4n) is 5.24. The van der Waals surface area contributed by atoms with Gasteiger partial charge >= 0.3 is 0 Å². The summed E-state index contributed by atoms with van der Waals surface area (Å²) < 4.78 is 5.52. The molecule has 0 unspecified atom stereocenters. The molecule has 2 aliphatic rings. The van der Waals surface area contributed by atoms with Crippen LogP contribution < -0.4 is 15.4 Å². The van der Waals surface area contributed by atoms with Crippen molar-refractivity contribution in [2.45, 2.75) is 66.7 Å². The van der Waals surface area contributed by atoms with Crippen LogP contribution in [0.5, 0.6) is 5.75 Å². The highest BCUT2D eigenvalue weighted by Crippen LogP contribution is 2.44. The maximum atomic E-state index is 13.6. The summed E-state index contributed by atoms with van der Waals surface area (Å²) in [5, 5.41) is 6.87. The van der Waals surface area contributed by atoms with E-state index in [1.54, 1.807) is 11.3 Å². The van der Waals surface area contributed by atoms with Crippen molar-refractivity contribution < 1.29 is 14.3 Å². The molecule has 2 aromatic rings. The van der Waals surface area contributed by atoms with E-state index < -0.39 is 0 Å². The highest BCUT2D eigenvalue weighted by atomic mass is 32.1. The summed E-state index contributed by atoms with van der Waals surface area (Å²) in [5.74, 6) is 1.86. The Hall–Kier alpha value is -2.38. The molecule has 1 atom stereocenters. The van der Waals surface area contributed by atoms with Gasteiger partial charge in [-0.15, -0.1) is 11.3 Å². The monoisotopic (exact) mass is 511 g/mol. The molecule has 0 spiro atoms. The lowest BCUT2D eigenvalue weighted by Crippen LogP contribution is -2.38. The number of rotatable bonds is 7. The maximum absolute atomic E-state index is 13.6. The zero-order valence-corrected chi connectivity index (χ0v) is 23.2. The number of benzene rings is 1. The van der Waals surface area contributed by atoms with E-state index >= 15 is 0 Å². The number of piperidine rings is 1. The van der Waals surface area contributed by atoms with Crippen molar-refractivity contribution in [3.8, 4) is 5.75 Å². The van der Waals surface area contributed by atoms with Crippen LogP contribution in [0, 0.1) is 17.3 Å². The third-order valence-corrected chi connectivity index (χ3v) is 8.81. The Balaban J connectivity index is 1.55. The normalized spacial score (nSPS) is 19.0. The predicted molar refractivity (Wildman–Crippen MR) is 148 cm³/mol. The van der Waals surface area contributed by atoms with Gasteiger partial charge in [0.05, 0.1) is 18.7 Å². The summed E-state index contributed by atoms with van der Waals surface area (Å²) in [6, 6.07) is 7.43. The van der Waals surface area contributed by atoms with Gasteiger partial charge in [0.2, 0.25) is 5.91 Å². The topological polar surface area (TPSA) is 70.7 Å². The van der Waals surface area contributed by atoms with Gasteiger partial charge in [0.25, 0.3) is 5.91 Å². The van der Waals surface area contributed by atoms with Gasteiger partial charge in [-0.1, -0.05) is 27.7 Å². The lowest BCUT2D eigenvalue weighted by atomic mass is 9.72. The first-order valence-electron chi connectivity index (χ1n) is 13.3. The van der Waals surface area contributed by atoms with Crippen LogP contribution in [0.1, 0.15) is 74.7 Å². The maximum Gasteiger partial charge on any atom is 0.258 e. The van der Waals surface area contributed by atoms with E-state index in [1.807, 2.05) is 31.2 Å². The molecule has 36 heavy (non-hydrogen) atoms. The van der Waals surface area contributed by atoms with Gasteiger partial charge < -0.3 is 15.4 Å². The van der Waals surface area contributed by atoms with Gasteiger partial charge in [0.1, 0.15) is 10.8 Å². The van der Waals surface area contributed by atoms with E-state index in [9.17, 15) is 9.59 Å². The molecule has 1 saturated heterocycles. The van der Waals surface area contributed by atoms with E-state index in [-0.39, 0.29) is 17.2 Å². The van der Waals surface area contributed by atoms with Gasteiger partial charge in [-0.05, 0) is 99.2 Å². The molecule has 0 bridgehead atoms. The number of carbonyl (C=O) groups is 2. The van der Waals surface area contributed by atoms with Crippen molar-refractivity contribution in [1.82, 2.24) is 4.90 Å². The van der Waals surface area contributed by atoms with Crippen molar-refractivity contribution in [2.75, 3.05) is 36.9 Å². The van der Waals surface area contributed by atoms with Gasteiger partial charge in [-0.25, -0.2) is 0 Å². The molecule has 4 rings (SSSR count). The number of nitrogens with one attached hydrogen (secondary N) is 2. The van der Waals surface area contributed by atoms with Gasteiger partial charge in [0, 0.05) is 10.6 Å². The van der Waals surface area contributed by atoms with Crippen LogP contribution >= 0.6 is 11.3 Å². The molecule has 2 N–H and O–H groups in total. The molecule has 0 radical (unpaired) electrons. The zero-order valence-electron chi connectivity index (χ0n) is 22.4. The molecule has 7 heteroatoms. The Kier molecular flexibility index (Phi) is 8.41. The fraction of sp³-hybridized carbons (Fsp3) is 0.586. The molecule has 1 aliphatic heterocycles. The van der Waals surface area contributed by atoms with Crippen LogP contribution in [0.15, 0.2) is 24.3 Å². The van der Waals surface area contributed by atoms with Crippen LogP contribution in [-0.4, -0.2) is 43.0 Å². The number of likely N-dealkylation sites (tertiary alicyclic amines) is 1. The Bertz CT molecular complexity index is 1060. The van der Waals surface area contributed by atoms with E-state index in [0.717, 1.165) is 62.4 Å². The Morgan fingerprint density at radius 2 is 1.78 bits per heavy atom. The standard InChI is InChI=1S/C29H41N3O3S/c1-6-35-22-10-8-21(9-11-22)30-27(34)26-23-12-7-20(29(3,4)5)17-24(23)36-28(26)31-25(33)18-32-15-13-19(2)14-16-32/h8-11,19-20H,6-7,12-18H2,1-5H3,(H,30,34)(H,31,33)/t20-/m0/s1. The highest BCUT2D eigenvalue weighted by Gasteiger charge is 2.34. The van der Waals surface area contributed by atoms with Crippen molar-refractivity contribution in [3.05, 3.63) is 40.3 Å². The van der Waals surface area contributed by atoms with E-state index in [2.05, 4.69) is 43.2 Å². The smallest absolute Gasteiger partial charge is 0.258 e. The Morgan fingerprint density at radius 3 is 2.42 bits per heavy atom. The van der Waals surface area contributed by atoms with Crippen LogP contribution in [0.3, 0.4) is 0 Å². The molecular weight excluding hydrogens is 470 g/mol. The Morgan fingerprint density at radius 1 is 1.08 bits per heavy atom. The predicted octanol–water partition coefficient (Wildman–Crippen LogP) is 6.22. The summed E-state index contributed by atoms with van der Waals surface area (Å²) in [4.78, 5) is 30.1. The minimum Gasteiger partial charge on any atom is -0.494 e. The van der Waals surface area contributed by atoms with Crippen LogP contribution in [0.25, 0.3) is 0 Å². The van der Waals surface area contributed by atoms with Gasteiger partial charge in [-0.2, -0.15) is 0 Å². The summed E-state index contributed by atoms with van der Waals surface area (Å²) >= 11 is 1.59. The first-order chi connectivity index (χ1) is 17.1. The number of anilines is 2. The molecular formula is C29H41N3O3S. The average molecular weight is 512 g/mol. The highest BCUT2D eigenvalue weighted by molar-refractivity contribution is 7.17. The summed E-state index contributed by atoms with van der Waals surface area (Å²) in [6.45, 7) is 14.0. The second kappa shape index (κ2) is 11.3. The van der Waals surface area contributed by atoms with Crippen LogP contribution in [0.2, 0.25) is 0 Å². The second-order valence-electron chi connectivity index (χ2n) is 11.4. The lowest BCUT2D eigenvalue weighted by molar-refractivity contribution is -0.117. The lowest BCUT2D eigenvalue weighted by Gasteiger charge is -2.33. The summed E-state index contributed by atoms with van der Waals surface area (Å²) in [6.07, 6.45) is 5.12. The molecule has 1 aromatic heterocycles. The summed E-state index contributed by atoms with van der Waals surface area (Å²) in [5.41, 5.74) is 2.66. The van der Waals surface area contributed by atoms with Crippen LogP contribution in [-0.2, 0) is 17.6 Å².